The lowest BCUT2D eigenvalue weighted by atomic mass is 10.2. The van der Waals surface area contributed by atoms with Crippen LogP contribution >= 0.6 is 27.3 Å². The number of rotatable bonds is 4. The highest BCUT2D eigenvalue weighted by atomic mass is 79.9. The molecule has 2 rings (SSSR count). The fourth-order valence-corrected chi connectivity index (χ4v) is 2.27. The zero-order valence-corrected chi connectivity index (χ0v) is 12.1. The molecular weight excluding hydrogens is 353 g/mol. The Morgan fingerprint density at radius 1 is 1.60 bits per heavy atom. The third-order valence-electron chi connectivity index (χ3n) is 2.15. The Hall–Kier alpha value is -2.07. The topological polar surface area (TPSA) is 106 Å². The van der Waals surface area contributed by atoms with Gasteiger partial charge in [0, 0.05) is 21.5 Å². The average Bonchev–Trinajstić information content (AvgIpc) is 2.78. The lowest BCUT2D eigenvalue weighted by molar-refractivity contribution is -0.387. The first-order valence-electron chi connectivity index (χ1n) is 5.11. The van der Waals surface area contributed by atoms with Crippen molar-refractivity contribution in [2.75, 3.05) is 11.2 Å². The van der Waals surface area contributed by atoms with Crippen molar-refractivity contribution in [1.29, 1.82) is 0 Å². The third kappa shape index (κ3) is 3.27. The highest BCUT2D eigenvalue weighted by molar-refractivity contribution is 9.10. The van der Waals surface area contributed by atoms with Gasteiger partial charge in [-0.15, -0.1) is 11.3 Å². The monoisotopic (exact) mass is 359 g/mol. The molecule has 1 aromatic heterocycles. The molecule has 0 amide bonds. The fraction of sp³-hybridized carbons (Fsp3) is 0. The molecule has 1 heterocycles. The van der Waals surface area contributed by atoms with Crippen molar-refractivity contribution in [2.45, 2.75) is 0 Å². The number of hydrogen-bond donors (Lipinski definition) is 2. The predicted octanol–water partition coefficient (Wildman–Crippen LogP) is 2.98. The molecule has 0 spiro atoms. The lowest BCUT2D eigenvalue weighted by Crippen LogP contribution is -1.96. The Morgan fingerprint density at radius 3 is 2.95 bits per heavy atom. The normalized spacial score (nSPS) is 10.9. The van der Waals surface area contributed by atoms with Gasteiger partial charge in [-0.05, 0) is 22.0 Å². The van der Waals surface area contributed by atoms with Crippen molar-refractivity contribution in [3.05, 3.63) is 43.5 Å². The van der Waals surface area contributed by atoms with Crippen molar-refractivity contribution in [3.8, 4) is 0 Å². The van der Waals surface area contributed by atoms with E-state index in [1.165, 1.54) is 17.6 Å². The summed E-state index contributed by atoms with van der Waals surface area (Å²) in [4.78, 5) is 13.7. The van der Waals surface area contributed by atoms with Crippen LogP contribution in [-0.4, -0.2) is 16.1 Å². The number of hydrazone groups is 1. The molecule has 0 aliphatic heterocycles. The van der Waals surface area contributed by atoms with Crippen molar-refractivity contribution in [2.24, 2.45) is 5.10 Å². The summed E-state index contributed by atoms with van der Waals surface area (Å²) in [5, 5.41) is 16.5. The van der Waals surface area contributed by atoms with Gasteiger partial charge < -0.3 is 5.73 Å². The zero-order chi connectivity index (χ0) is 14.7. The molecule has 0 unspecified atom stereocenters. The van der Waals surface area contributed by atoms with Crippen LogP contribution in [0.1, 0.15) is 5.56 Å². The summed E-state index contributed by atoms with van der Waals surface area (Å²) in [6, 6.07) is 2.10. The second-order valence-electron chi connectivity index (χ2n) is 3.53. The van der Waals surface area contributed by atoms with E-state index in [9.17, 15) is 14.5 Å². The van der Waals surface area contributed by atoms with E-state index in [-0.39, 0.29) is 0 Å². The van der Waals surface area contributed by atoms with Gasteiger partial charge in [0.15, 0.2) is 0 Å². The smallest absolute Gasteiger partial charge is 0.305 e. The number of thiazole rings is 1. The Bertz CT molecular complexity index is 690. The number of nitrogens with two attached hydrogens (primary N) is 1. The molecule has 2 aromatic rings. The molecule has 0 saturated heterocycles. The SMILES string of the molecule is Nc1csc(NN=Cc2cc(F)c([N+](=O)[O-])cc2Br)n1. The minimum atomic E-state index is -0.932. The first kappa shape index (κ1) is 14.3. The molecule has 0 saturated carbocycles. The zero-order valence-electron chi connectivity index (χ0n) is 9.71. The van der Waals surface area contributed by atoms with Crippen LogP contribution in [0.3, 0.4) is 0 Å². The Labute approximate surface area is 124 Å². The van der Waals surface area contributed by atoms with Crippen molar-refractivity contribution in [3.63, 3.8) is 0 Å². The molecule has 1 aromatic carbocycles. The van der Waals surface area contributed by atoms with Gasteiger partial charge in [0.05, 0.1) is 11.1 Å². The van der Waals surface area contributed by atoms with Crippen LogP contribution in [0.15, 0.2) is 27.1 Å². The minimum Gasteiger partial charge on any atom is -0.383 e. The minimum absolute atomic E-state index is 0.352. The van der Waals surface area contributed by atoms with Crippen LogP contribution in [-0.2, 0) is 0 Å². The number of nitro groups is 1. The van der Waals surface area contributed by atoms with Crippen LogP contribution in [0.2, 0.25) is 0 Å². The molecule has 10 heteroatoms. The van der Waals surface area contributed by atoms with Crippen molar-refractivity contribution < 1.29 is 9.31 Å². The summed E-state index contributed by atoms with van der Waals surface area (Å²) < 4.78 is 13.8. The van der Waals surface area contributed by atoms with E-state index in [1.807, 2.05) is 0 Å². The van der Waals surface area contributed by atoms with E-state index >= 15 is 0 Å². The molecule has 20 heavy (non-hydrogen) atoms. The summed E-state index contributed by atoms with van der Waals surface area (Å²) in [7, 11) is 0. The van der Waals surface area contributed by atoms with Crippen LogP contribution in [0, 0.1) is 15.9 Å². The van der Waals surface area contributed by atoms with Gasteiger partial charge in [-0.2, -0.15) is 9.49 Å². The summed E-state index contributed by atoms with van der Waals surface area (Å²) in [6.07, 6.45) is 1.31. The van der Waals surface area contributed by atoms with Gasteiger partial charge in [-0.1, -0.05) is 0 Å². The molecule has 0 fully saturated rings. The van der Waals surface area contributed by atoms with Gasteiger partial charge in [0.25, 0.3) is 0 Å². The standard InChI is InChI=1S/C10H7BrFN5O2S/c11-6-2-8(17(18)19)7(12)1-5(6)3-14-16-10-15-9(13)4-20-10/h1-4H,13H2,(H,15,16). The first-order chi connectivity index (χ1) is 9.47. The number of aromatic nitrogens is 1. The van der Waals surface area contributed by atoms with Crippen LogP contribution in [0.5, 0.6) is 0 Å². The first-order valence-corrected chi connectivity index (χ1v) is 6.78. The Morgan fingerprint density at radius 2 is 2.35 bits per heavy atom. The summed E-state index contributed by atoms with van der Waals surface area (Å²) in [6.45, 7) is 0. The van der Waals surface area contributed by atoms with E-state index in [0.29, 0.717) is 21.0 Å². The Balaban J connectivity index is 2.17. The second-order valence-corrected chi connectivity index (χ2v) is 5.24. The molecule has 0 atom stereocenters. The molecule has 0 bridgehead atoms. The van der Waals surface area contributed by atoms with E-state index in [0.717, 1.165) is 12.1 Å². The Kier molecular flexibility index (Phi) is 4.25. The van der Waals surface area contributed by atoms with Gasteiger partial charge in [-0.3, -0.25) is 15.5 Å². The van der Waals surface area contributed by atoms with Crippen molar-refractivity contribution >= 4 is 50.1 Å². The number of hydrogen-bond acceptors (Lipinski definition) is 7. The van der Waals surface area contributed by atoms with Gasteiger partial charge in [0.1, 0.15) is 5.82 Å². The van der Waals surface area contributed by atoms with E-state index < -0.39 is 16.4 Å². The van der Waals surface area contributed by atoms with Crippen LogP contribution in [0.25, 0.3) is 0 Å². The number of nitrogens with one attached hydrogen (secondary N) is 1. The number of halogens is 2. The number of nitro benzene ring substituents is 1. The summed E-state index contributed by atoms with van der Waals surface area (Å²) in [5.41, 5.74) is 7.80. The molecule has 0 aliphatic rings. The van der Waals surface area contributed by atoms with E-state index in [2.05, 4.69) is 31.4 Å². The third-order valence-corrected chi connectivity index (χ3v) is 3.60. The highest BCUT2D eigenvalue weighted by Gasteiger charge is 2.16. The number of nitrogen functional groups attached to an aromatic ring is 1. The second kappa shape index (κ2) is 5.92. The molecule has 104 valence electrons. The summed E-state index contributed by atoms with van der Waals surface area (Å²) in [5.74, 6) is -0.562. The van der Waals surface area contributed by atoms with Crippen LogP contribution in [0.4, 0.5) is 21.0 Å². The van der Waals surface area contributed by atoms with Crippen LogP contribution < -0.4 is 11.2 Å². The molecule has 0 radical (unpaired) electrons. The maximum absolute atomic E-state index is 13.5. The average molecular weight is 360 g/mol. The largest absolute Gasteiger partial charge is 0.383 e. The lowest BCUT2D eigenvalue weighted by Gasteiger charge is -2.00. The van der Waals surface area contributed by atoms with Gasteiger partial charge in [-0.25, -0.2) is 4.98 Å². The maximum Gasteiger partial charge on any atom is 0.305 e. The van der Waals surface area contributed by atoms with E-state index in [4.69, 9.17) is 5.73 Å². The molecule has 0 aliphatic carbocycles. The summed E-state index contributed by atoms with van der Waals surface area (Å²) >= 11 is 4.38. The predicted molar refractivity (Wildman–Crippen MR) is 78.5 cm³/mol. The fourth-order valence-electron chi connectivity index (χ4n) is 1.29. The molecule has 3 N–H and O–H groups in total. The molecule has 7 nitrogen and oxygen atoms in total. The molecular formula is C10H7BrFN5O2S. The number of nitrogens with zero attached hydrogens (tertiary/aromatic N) is 3. The van der Waals surface area contributed by atoms with E-state index in [1.54, 1.807) is 5.38 Å². The number of anilines is 2. The van der Waals surface area contributed by atoms with Gasteiger partial charge in [0.2, 0.25) is 10.9 Å². The highest BCUT2D eigenvalue weighted by Crippen LogP contribution is 2.25. The number of benzene rings is 1. The quantitative estimate of drug-likeness (QED) is 0.495. The van der Waals surface area contributed by atoms with Crippen molar-refractivity contribution in [1.82, 2.24) is 4.98 Å². The maximum atomic E-state index is 13.5. The van der Waals surface area contributed by atoms with Gasteiger partial charge >= 0.3 is 5.69 Å².